The number of aliphatic hydroxyl groups excluding tert-OH is 1. The molecule has 0 bridgehead atoms. The number of aryl methyl sites for hydroxylation is 1. The fourth-order valence-corrected chi connectivity index (χ4v) is 5.56. The molecule has 0 aromatic carbocycles. The Hall–Kier alpha value is -1.61. The number of esters is 1. The van der Waals surface area contributed by atoms with Crippen LogP contribution in [0.3, 0.4) is 0 Å². The van der Waals surface area contributed by atoms with Crippen molar-refractivity contribution in [2.24, 2.45) is 17.3 Å². The minimum Gasteiger partial charge on any atom is -0.458 e. The van der Waals surface area contributed by atoms with Crippen LogP contribution in [0, 0.1) is 24.2 Å². The molecule has 3 rings (SSSR count). The molecular formula is C26H39NO6S. The van der Waals surface area contributed by atoms with Gasteiger partial charge in [-0.2, -0.15) is 0 Å². The third-order valence-electron chi connectivity index (χ3n) is 7.44. The fraction of sp³-hybridized carbons (Fsp3) is 0.731. The second-order valence-electron chi connectivity index (χ2n) is 10.9. The molecule has 190 valence electrons. The molecule has 2 fully saturated rings. The number of epoxide rings is 1. The van der Waals surface area contributed by atoms with E-state index < -0.39 is 35.0 Å². The summed E-state index contributed by atoms with van der Waals surface area (Å²) in [6.45, 7) is 11.2. The summed E-state index contributed by atoms with van der Waals surface area (Å²) in [6, 6.07) is 0. The molecule has 7 nitrogen and oxygen atoms in total. The molecule has 2 N–H and O–H groups in total. The van der Waals surface area contributed by atoms with E-state index in [1.165, 1.54) is 11.3 Å². The van der Waals surface area contributed by atoms with E-state index in [1.54, 1.807) is 26.0 Å². The Morgan fingerprint density at radius 2 is 1.94 bits per heavy atom. The fourth-order valence-electron chi connectivity index (χ4n) is 4.98. The first-order valence-corrected chi connectivity index (χ1v) is 13.1. The van der Waals surface area contributed by atoms with Gasteiger partial charge in [0.1, 0.15) is 17.5 Å². The predicted molar refractivity (Wildman–Crippen MR) is 131 cm³/mol. The summed E-state index contributed by atoms with van der Waals surface area (Å²) in [6.07, 6.45) is 4.45. The smallest absolute Gasteiger partial charge is 0.309 e. The maximum Gasteiger partial charge on any atom is 0.309 e. The normalized spacial score (nSPS) is 37.9. The lowest BCUT2D eigenvalue weighted by atomic mass is 9.74. The zero-order valence-corrected chi connectivity index (χ0v) is 22.0. The molecule has 0 radical (unpaired) electrons. The van der Waals surface area contributed by atoms with Gasteiger partial charge in [-0.3, -0.25) is 9.59 Å². The second-order valence-corrected chi connectivity index (χ2v) is 12.0. The summed E-state index contributed by atoms with van der Waals surface area (Å²) in [5.41, 5.74) is -1.04. The molecule has 0 amide bonds. The first-order valence-electron chi connectivity index (χ1n) is 12.2. The lowest BCUT2D eigenvalue weighted by molar-refractivity contribution is -0.155. The molecule has 2 saturated heterocycles. The number of hydrogen-bond acceptors (Lipinski definition) is 8. The average Bonchev–Trinajstić information content (AvgIpc) is 3.03. The maximum absolute atomic E-state index is 13.1. The summed E-state index contributed by atoms with van der Waals surface area (Å²) >= 11 is 1.52. The summed E-state index contributed by atoms with van der Waals surface area (Å²) < 4.78 is 11.4. The highest BCUT2D eigenvalue weighted by atomic mass is 32.1. The number of fused-ring (bicyclic) bond motifs is 1. The number of aliphatic hydroxyl groups is 2. The van der Waals surface area contributed by atoms with Gasteiger partial charge in [0.05, 0.1) is 28.6 Å². The summed E-state index contributed by atoms with van der Waals surface area (Å²) in [5, 5.41) is 24.7. The first kappa shape index (κ1) is 27.0. The van der Waals surface area contributed by atoms with Crippen molar-refractivity contribution < 1.29 is 29.3 Å². The predicted octanol–water partition coefficient (Wildman–Crippen LogP) is 4.44. The van der Waals surface area contributed by atoms with Crippen molar-refractivity contribution in [1.29, 1.82) is 0 Å². The van der Waals surface area contributed by atoms with E-state index in [2.05, 4.69) is 11.9 Å². The van der Waals surface area contributed by atoms with Gasteiger partial charge in [-0.1, -0.05) is 40.5 Å². The quantitative estimate of drug-likeness (QED) is 0.463. The van der Waals surface area contributed by atoms with Crippen LogP contribution in [0.1, 0.15) is 83.8 Å². The van der Waals surface area contributed by atoms with E-state index in [4.69, 9.17) is 9.47 Å². The third-order valence-corrected chi connectivity index (χ3v) is 8.23. The lowest BCUT2D eigenvalue weighted by Crippen LogP contribution is -2.42. The average molecular weight is 494 g/mol. The van der Waals surface area contributed by atoms with Gasteiger partial charge in [-0.25, -0.2) is 4.98 Å². The second kappa shape index (κ2) is 10.2. The Bertz CT molecular complexity index is 926. The van der Waals surface area contributed by atoms with E-state index in [0.29, 0.717) is 18.8 Å². The van der Waals surface area contributed by atoms with Gasteiger partial charge in [0.2, 0.25) is 0 Å². The van der Waals surface area contributed by atoms with Gasteiger partial charge in [0, 0.05) is 17.7 Å². The molecule has 0 spiro atoms. The molecular weight excluding hydrogens is 454 g/mol. The van der Waals surface area contributed by atoms with E-state index in [0.717, 1.165) is 23.5 Å². The zero-order valence-electron chi connectivity index (χ0n) is 21.2. The van der Waals surface area contributed by atoms with Crippen LogP contribution in [0.5, 0.6) is 0 Å². The number of carbonyl (C=O) groups excluding carboxylic acids is 2. The van der Waals surface area contributed by atoms with Crippen LogP contribution in [-0.4, -0.2) is 50.5 Å². The standard InChI is InChI=1S/C26H39NO6S/c1-16-8-7-11-25(6)26(31,33-25)14-20(10-9-19-15-34-18(3)27-19)32-22(29)13-21(28)24(4,5)23(30)17(2)12-16/h9-10,15-17,20-21,28,31H,7-8,11-14H2,1-6H3/t16-,17+,20+,21-,25+,26-/m0/s1. The topological polar surface area (TPSA) is 109 Å². The van der Waals surface area contributed by atoms with Crippen LogP contribution in [-0.2, 0) is 19.1 Å². The van der Waals surface area contributed by atoms with Crippen molar-refractivity contribution in [2.75, 3.05) is 0 Å². The number of ketones is 1. The molecule has 2 aliphatic rings. The largest absolute Gasteiger partial charge is 0.458 e. The van der Waals surface area contributed by atoms with Gasteiger partial charge in [0.15, 0.2) is 5.79 Å². The number of carbonyl (C=O) groups is 2. The zero-order chi connectivity index (χ0) is 25.3. The number of aromatic nitrogens is 1. The van der Waals surface area contributed by atoms with Crippen molar-refractivity contribution in [1.82, 2.24) is 4.98 Å². The van der Waals surface area contributed by atoms with Crippen LogP contribution in [0.4, 0.5) is 0 Å². The van der Waals surface area contributed by atoms with E-state index in [-0.39, 0.29) is 24.5 Å². The maximum atomic E-state index is 13.1. The molecule has 3 heterocycles. The number of rotatable bonds is 2. The molecule has 0 saturated carbocycles. The SMILES string of the molecule is Cc1nc(C=C[C@@H]2C[C@]3(O)O[C@]3(C)CCC[C@H](C)C[C@@H](C)C(=O)C(C)(C)[C@@H](O)CC(=O)O2)cs1. The number of Topliss-reactive ketones (excluding diaryl/α,β-unsaturated/α-hetero) is 1. The third kappa shape index (κ3) is 6.14. The van der Waals surface area contributed by atoms with Crippen molar-refractivity contribution in [3.63, 3.8) is 0 Å². The number of hydrogen-bond donors (Lipinski definition) is 2. The van der Waals surface area contributed by atoms with Gasteiger partial charge in [-0.15, -0.1) is 11.3 Å². The van der Waals surface area contributed by atoms with Crippen molar-refractivity contribution in [3.05, 3.63) is 22.2 Å². The summed E-state index contributed by atoms with van der Waals surface area (Å²) in [5.74, 6) is -1.98. The lowest BCUT2D eigenvalue weighted by Gasteiger charge is -2.32. The number of thiazole rings is 1. The van der Waals surface area contributed by atoms with E-state index >= 15 is 0 Å². The van der Waals surface area contributed by atoms with Crippen LogP contribution >= 0.6 is 11.3 Å². The number of nitrogens with zero attached hydrogens (tertiary/aromatic N) is 1. The molecule has 8 heteroatoms. The Balaban J connectivity index is 1.83. The molecule has 0 aliphatic carbocycles. The summed E-state index contributed by atoms with van der Waals surface area (Å²) in [4.78, 5) is 30.3. The number of cyclic esters (lactones) is 1. The van der Waals surface area contributed by atoms with Crippen LogP contribution < -0.4 is 0 Å². The molecule has 34 heavy (non-hydrogen) atoms. The highest BCUT2D eigenvalue weighted by Crippen LogP contribution is 2.52. The molecule has 2 aliphatic heterocycles. The van der Waals surface area contributed by atoms with Gasteiger partial charge in [-0.05, 0) is 44.8 Å². The Morgan fingerprint density at radius 1 is 1.24 bits per heavy atom. The van der Waals surface area contributed by atoms with Gasteiger partial charge < -0.3 is 19.7 Å². The van der Waals surface area contributed by atoms with Crippen LogP contribution in [0.25, 0.3) is 6.08 Å². The Morgan fingerprint density at radius 3 is 2.59 bits per heavy atom. The first-order chi connectivity index (χ1) is 15.8. The van der Waals surface area contributed by atoms with Gasteiger partial charge >= 0.3 is 5.97 Å². The number of ether oxygens (including phenoxy) is 2. The van der Waals surface area contributed by atoms with Crippen LogP contribution in [0.15, 0.2) is 11.5 Å². The monoisotopic (exact) mass is 493 g/mol. The van der Waals surface area contributed by atoms with E-state index in [1.807, 2.05) is 26.2 Å². The van der Waals surface area contributed by atoms with Crippen molar-refractivity contribution >= 4 is 29.2 Å². The minimum atomic E-state index is -1.39. The Labute approximate surface area is 206 Å². The highest BCUT2D eigenvalue weighted by Gasteiger charge is 2.66. The molecule has 1 aromatic rings. The minimum absolute atomic E-state index is 0.0473. The molecule has 6 atom stereocenters. The van der Waals surface area contributed by atoms with Crippen molar-refractivity contribution in [3.8, 4) is 0 Å². The molecule has 1 aromatic heterocycles. The van der Waals surface area contributed by atoms with E-state index in [9.17, 15) is 19.8 Å². The van der Waals surface area contributed by atoms with Crippen molar-refractivity contribution in [2.45, 2.75) is 104 Å². The van der Waals surface area contributed by atoms with Crippen LogP contribution in [0.2, 0.25) is 0 Å². The Kier molecular flexibility index (Phi) is 8.07. The highest BCUT2D eigenvalue weighted by molar-refractivity contribution is 7.09. The molecule has 0 unspecified atom stereocenters. The summed E-state index contributed by atoms with van der Waals surface area (Å²) in [7, 11) is 0. The van der Waals surface area contributed by atoms with Gasteiger partial charge in [0.25, 0.3) is 0 Å².